The topological polar surface area (TPSA) is 51.6 Å². The molecule has 0 spiro atoms. The summed E-state index contributed by atoms with van der Waals surface area (Å²) >= 11 is 0. The molecule has 0 aromatic carbocycles. The predicted molar refractivity (Wildman–Crippen MR) is 105 cm³/mol. The van der Waals surface area contributed by atoms with Crippen LogP contribution in [0.4, 0.5) is 17.6 Å². The van der Waals surface area contributed by atoms with Crippen LogP contribution in [0.25, 0.3) is 22.5 Å². The summed E-state index contributed by atoms with van der Waals surface area (Å²) in [5, 5.41) is 0. The molecule has 4 aromatic rings. The van der Waals surface area contributed by atoms with Crippen LogP contribution in [-0.2, 0) is 26.5 Å². The first kappa shape index (κ1) is 23.7. The Bertz CT molecular complexity index is 1180. The third kappa shape index (κ3) is 4.60. The summed E-state index contributed by atoms with van der Waals surface area (Å²) in [4.78, 5) is 15.6. The summed E-state index contributed by atoms with van der Waals surface area (Å²) < 4.78 is 55.2. The molecule has 32 heavy (non-hydrogen) atoms. The van der Waals surface area contributed by atoms with Crippen molar-refractivity contribution in [3.05, 3.63) is 95.8 Å². The van der Waals surface area contributed by atoms with E-state index in [1.54, 1.807) is 24.3 Å². The van der Waals surface area contributed by atoms with Gasteiger partial charge in [0.15, 0.2) is 0 Å². The molecule has 4 rings (SSSR count). The number of rotatable bonds is 4. The fourth-order valence-electron chi connectivity index (χ4n) is 3.08. The molecule has 4 aromatic heterocycles. The molecule has 0 aliphatic carbocycles. The molecule has 4 heterocycles. The van der Waals surface area contributed by atoms with Gasteiger partial charge in [0.05, 0.1) is 11.6 Å². The van der Waals surface area contributed by atoms with Gasteiger partial charge in [-0.15, -0.1) is 0 Å². The largest absolute Gasteiger partial charge is 2.00 e. The van der Waals surface area contributed by atoms with Gasteiger partial charge in [-0.2, -0.15) is 0 Å². The second-order valence-corrected chi connectivity index (χ2v) is 7.24. The van der Waals surface area contributed by atoms with Crippen LogP contribution in [-0.4, -0.2) is 19.9 Å². The van der Waals surface area contributed by atoms with Gasteiger partial charge in [0.25, 0.3) is 0 Å². The Morgan fingerprint density at radius 2 is 1.09 bits per heavy atom. The monoisotopic (exact) mass is 617 g/mol. The summed E-state index contributed by atoms with van der Waals surface area (Å²) in [7, 11) is 0. The number of pyridine rings is 4. The molecule has 0 saturated heterocycles. The molecule has 0 amide bonds. The molecule has 0 fully saturated rings. The van der Waals surface area contributed by atoms with E-state index >= 15 is 0 Å². The quantitative estimate of drug-likeness (QED) is 0.182. The van der Waals surface area contributed by atoms with E-state index in [4.69, 9.17) is 0 Å². The Morgan fingerprint density at radius 3 is 1.50 bits per heavy atom. The summed E-state index contributed by atoms with van der Waals surface area (Å²) in [5.74, 6) is -3.40. The van der Waals surface area contributed by atoms with E-state index in [2.05, 4.69) is 32.1 Å². The smallest absolute Gasteiger partial charge is 0.323 e. The SMILES string of the molecule is CC(C)(c1cccc(-c2[c-]c(F)cnc2F)n1)c1cccc(-c2[c-]c(F)cnc2F)n1.[Pt+2]. The van der Waals surface area contributed by atoms with Gasteiger partial charge in [0.2, 0.25) is 0 Å². The van der Waals surface area contributed by atoms with Gasteiger partial charge < -0.3 is 19.9 Å². The minimum Gasteiger partial charge on any atom is -0.323 e. The Hall–Kier alpha value is -2.99. The third-order valence-electron chi connectivity index (χ3n) is 4.78. The number of nitrogens with zero attached hydrogens (tertiary/aromatic N) is 4. The number of hydrogen-bond donors (Lipinski definition) is 0. The van der Waals surface area contributed by atoms with Gasteiger partial charge in [0.1, 0.15) is 11.9 Å². The van der Waals surface area contributed by atoms with E-state index in [1.165, 1.54) is 12.1 Å². The maximum absolute atomic E-state index is 14.1. The van der Waals surface area contributed by atoms with Crippen molar-refractivity contribution in [1.29, 1.82) is 0 Å². The normalized spacial score (nSPS) is 11.2. The van der Waals surface area contributed by atoms with Crippen molar-refractivity contribution in [1.82, 2.24) is 19.9 Å². The van der Waals surface area contributed by atoms with E-state index in [9.17, 15) is 17.6 Å². The number of halogens is 4. The van der Waals surface area contributed by atoms with Crippen LogP contribution >= 0.6 is 0 Å². The van der Waals surface area contributed by atoms with Crippen molar-refractivity contribution in [3.63, 3.8) is 0 Å². The zero-order valence-electron chi connectivity index (χ0n) is 16.7. The Balaban J connectivity index is 0.00000289. The second-order valence-electron chi connectivity index (χ2n) is 7.24. The molecule has 0 bridgehead atoms. The van der Waals surface area contributed by atoms with Crippen LogP contribution in [0.3, 0.4) is 0 Å². The van der Waals surface area contributed by atoms with E-state index in [0.717, 1.165) is 12.4 Å². The van der Waals surface area contributed by atoms with Gasteiger partial charge in [-0.25, -0.2) is 17.6 Å². The molecule has 0 aliphatic heterocycles. The maximum Gasteiger partial charge on any atom is 2.00 e. The summed E-state index contributed by atoms with van der Waals surface area (Å²) in [6.07, 6.45) is 1.47. The van der Waals surface area contributed by atoms with Crippen LogP contribution in [0.5, 0.6) is 0 Å². The van der Waals surface area contributed by atoms with Crippen molar-refractivity contribution < 1.29 is 38.6 Å². The Morgan fingerprint density at radius 1 is 0.688 bits per heavy atom. The fourth-order valence-corrected chi connectivity index (χ4v) is 3.08. The minimum absolute atomic E-state index is 0. The average Bonchev–Trinajstić information content (AvgIpc) is 2.77. The van der Waals surface area contributed by atoms with Gasteiger partial charge in [0, 0.05) is 16.8 Å². The molecular weight excluding hydrogens is 603 g/mol. The van der Waals surface area contributed by atoms with Crippen LogP contribution in [0.2, 0.25) is 0 Å². The predicted octanol–water partition coefficient (Wildman–Crippen LogP) is 5.08. The van der Waals surface area contributed by atoms with Crippen molar-refractivity contribution in [2.75, 3.05) is 0 Å². The molecule has 9 heteroatoms. The fraction of sp³-hybridized carbons (Fsp3) is 0.130. The maximum atomic E-state index is 14.1. The first-order valence-electron chi connectivity index (χ1n) is 9.18. The van der Waals surface area contributed by atoms with E-state index in [-0.39, 0.29) is 43.6 Å². The first-order valence-corrected chi connectivity index (χ1v) is 9.18. The molecule has 0 radical (unpaired) electrons. The van der Waals surface area contributed by atoms with E-state index in [0.29, 0.717) is 11.4 Å². The summed E-state index contributed by atoms with van der Waals surface area (Å²) in [5.41, 5.74) is 0.0891. The zero-order valence-corrected chi connectivity index (χ0v) is 19.0. The van der Waals surface area contributed by atoms with E-state index in [1.807, 2.05) is 13.8 Å². The number of aromatic nitrogens is 4. The molecule has 0 N–H and O–H groups in total. The second kappa shape index (κ2) is 9.25. The van der Waals surface area contributed by atoms with Crippen LogP contribution in [0.1, 0.15) is 25.2 Å². The van der Waals surface area contributed by atoms with Crippen molar-refractivity contribution in [3.8, 4) is 22.5 Å². The average molecular weight is 617 g/mol. The van der Waals surface area contributed by atoms with Crippen LogP contribution < -0.4 is 0 Å². The third-order valence-corrected chi connectivity index (χ3v) is 4.78. The molecule has 0 unspecified atom stereocenters. The van der Waals surface area contributed by atoms with Gasteiger partial charge in [-0.05, 0) is 49.8 Å². The Labute approximate surface area is 196 Å². The molecule has 4 nitrogen and oxygen atoms in total. The van der Waals surface area contributed by atoms with Gasteiger partial charge in [-0.1, -0.05) is 47.5 Å². The van der Waals surface area contributed by atoms with Gasteiger partial charge >= 0.3 is 21.1 Å². The first-order chi connectivity index (χ1) is 14.8. The zero-order chi connectivity index (χ0) is 22.2. The van der Waals surface area contributed by atoms with Gasteiger partial charge in [-0.3, -0.25) is 0 Å². The molecule has 0 atom stereocenters. The van der Waals surface area contributed by atoms with Crippen molar-refractivity contribution >= 4 is 0 Å². The standard InChI is InChI=1S/C23H14F4N4.Pt/c1-23(2,19-7-3-5-17(30-19)15-9-13(24)11-28-21(15)26)20-8-4-6-18(31-20)16-10-14(25)12-29-22(16)27;/h3-8,11-12H,1-2H3;/q-2;+2. The summed E-state index contributed by atoms with van der Waals surface area (Å²) in [6.45, 7) is 3.64. The van der Waals surface area contributed by atoms with Crippen LogP contribution in [0.15, 0.2) is 48.8 Å². The van der Waals surface area contributed by atoms with E-state index < -0.39 is 28.9 Å². The van der Waals surface area contributed by atoms with Crippen LogP contribution in [0, 0.1) is 35.7 Å². The summed E-state index contributed by atoms with van der Waals surface area (Å²) in [6, 6.07) is 14.3. The van der Waals surface area contributed by atoms with Crippen molar-refractivity contribution in [2.24, 2.45) is 0 Å². The molecular formula is C23H14F4N4Pt. The minimum atomic E-state index is -0.895. The molecule has 0 saturated carbocycles. The number of hydrogen-bond acceptors (Lipinski definition) is 4. The van der Waals surface area contributed by atoms with Crippen molar-refractivity contribution in [2.45, 2.75) is 19.3 Å². The molecule has 0 aliphatic rings. The Kier molecular flexibility index (Phi) is 6.84. The molecule has 164 valence electrons.